The second kappa shape index (κ2) is 7.44. The predicted molar refractivity (Wildman–Crippen MR) is 85.7 cm³/mol. The number of aryl methyl sites for hydroxylation is 1. The molecule has 3 rings (SSSR count). The Morgan fingerprint density at radius 2 is 2.21 bits per heavy atom. The predicted octanol–water partition coefficient (Wildman–Crippen LogP) is 2.25. The molecule has 0 aliphatic carbocycles. The summed E-state index contributed by atoms with van der Waals surface area (Å²) in [6, 6.07) is 6.96. The molecule has 2 heterocycles. The third kappa shape index (κ3) is 4.11. The maximum atomic E-state index is 12.3. The number of amides is 1. The van der Waals surface area contributed by atoms with E-state index in [1.54, 1.807) is 31.2 Å². The van der Waals surface area contributed by atoms with Crippen LogP contribution in [0.25, 0.3) is 0 Å². The van der Waals surface area contributed by atoms with Crippen LogP contribution in [0.4, 0.5) is 0 Å². The van der Waals surface area contributed by atoms with Gasteiger partial charge in [-0.3, -0.25) is 4.79 Å². The van der Waals surface area contributed by atoms with Gasteiger partial charge in [-0.05, 0) is 44.0 Å². The Hall–Kier alpha value is -2.41. The van der Waals surface area contributed by atoms with E-state index in [1.165, 1.54) is 0 Å². The van der Waals surface area contributed by atoms with Crippen molar-refractivity contribution in [2.45, 2.75) is 45.4 Å². The van der Waals surface area contributed by atoms with Gasteiger partial charge in [-0.1, -0.05) is 5.16 Å². The zero-order valence-corrected chi connectivity index (χ0v) is 13.8. The highest BCUT2D eigenvalue weighted by Crippen LogP contribution is 2.17. The van der Waals surface area contributed by atoms with Crippen molar-refractivity contribution in [3.63, 3.8) is 0 Å². The van der Waals surface area contributed by atoms with E-state index in [1.807, 2.05) is 6.92 Å². The van der Waals surface area contributed by atoms with Crippen LogP contribution in [0.3, 0.4) is 0 Å². The molecule has 2 aromatic rings. The molecular formula is C17H21N3O4. The van der Waals surface area contributed by atoms with Gasteiger partial charge in [0.1, 0.15) is 5.75 Å². The Bertz CT molecular complexity index is 677. The number of carbonyl (C=O) groups excluding carboxylic acids is 1. The number of ether oxygens (including phenoxy) is 2. The van der Waals surface area contributed by atoms with Gasteiger partial charge in [0.2, 0.25) is 11.7 Å². The zero-order chi connectivity index (χ0) is 16.9. The molecule has 7 heteroatoms. The van der Waals surface area contributed by atoms with Crippen LogP contribution in [0.1, 0.15) is 41.8 Å². The summed E-state index contributed by atoms with van der Waals surface area (Å²) in [5.41, 5.74) is 0.586. The van der Waals surface area contributed by atoms with E-state index in [2.05, 4.69) is 15.5 Å². The van der Waals surface area contributed by atoms with Crippen molar-refractivity contribution in [3.8, 4) is 5.75 Å². The standard InChI is InChI=1S/C17H21N3O4/c1-11(15-4-3-9-22-15)18-17(21)13-5-7-14(8-6-13)23-10-16-19-12(2)24-20-16/h5-8,11,15H,3-4,9-10H2,1-2H3,(H,18,21). The van der Waals surface area contributed by atoms with Crippen LogP contribution in [0.5, 0.6) is 5.75 Å². The second-order valence-electron chi connectivity index (χ2n) is 5.86. The molecule has 1 fully saturated rings. The van der Waals surface area contributed by atoms with Crippen LogP contribution in [-0.4, -0.2) is 34.8 Å². The first-order valence-electron chi connectivity index (χ1n) is 8.06. The molecule has 128 valence electrons. The first kappa shape index (κ1) is 16.4. The Morgan fingerprint density at radius 3 is 2.83 bits per heavy atom. The van der Waals surface area contributed by atoms with E-state index in [4.69, 9.17) is 14.0 Å². The summed E-state index contributed by atoms with van der Waals surface area (Å²) in [7, 11) is 0. The number of hydrogen-bond donors (Lipinski definition) is 1. The fraction of sp³-hybridized carbons (Fsp3) is 0.471. The SMILES string of the molecule is Cc1nc(COc2ccc(C(=O)NC(C)C3CCCO3)cc2)no1. The average Bonchev–Trinajstić information content (AvgIpc) is 3.25. The van der Waals surface area contributed by atoms with Crippen LogP contribution in [-0.2, 0) is 11.3 Å². The molecule has 1 saturated heterocycles. The Labute approximate surface area is 140 Å². The highest BCUT2D eigenvalue weighted by atomic mass is 16.5. The number of aromatic nitrogens is 2. The van der Waals surface area contributed by atoms with Gasteiger partial charge in [0, 0.05) is 19.1 Å². The summed E-state index contributed by atoms with van der Waals surface area (Å²) in [6.45, 7) is 4.69. The molecule has 1 aliphatic rings. The molecule has 24 heavy (non-hydrogen) atoms. The summed E-state index contributed by atoms with van der Waals surface area (Å²) >= 11 is 0. The average molecular weight is 331 g/mol. The molecule has 2 atom stereocenters. The first-order chi connectivity index (χ1) is 11.6. The van der Waals surface area contributed by atoms with Crippen LogP contribution < -0.4 is 10.1 Å². The topological polar surface area (TPSA) is 86.5 Å². The number of nitrogens with zero attached hydrogens (tertiary/aromatic N) is 2. The van der Waals surface area contributed by atoms with E-state index in [-0.39, 0.29) is 24.7 Å². The largest absolute Gasteiger partial charge is 0.485 e. The fourth-order valence-electron chi connectivity index (χ4n) is 2.63. The molecule has 0 saturated carbocycles. The second-order valence-corrected chi connectivity index (χ2v) is 5.86. The van der Waals surface area contributed by atoms with Gasteiger partial charge in [-0.2, -0.15) is 4.98 Å². The van der Waals surface area contributed by atoms with Crippen molar-refractivity contribution in [1.82, 2.24) is 15.5 Å². The van der Waals surface area contributed by atoms with E-state index in [9.17, 15) is 4.79 Å². The minimum atomic E-state index is -0.113. The molecule has 0 radical (unpaired) electrons. The van der Waals surface area contributed by atoms with Crippen LogP contribution in [0.2, 0.25) is 0 Å². The third-order valence-corrected chi connectivity index (χ3v) is 3.94. The van der Waals surface area contributed by atoms with Crippen molar-refractivity contribution in [3.05, 3.63) is 41.5 Å². The maximum absolute atomic E-state index is 12.3. The monoisotopic (exact) mass is 331 g/mol. The summed E-state index contributed by atoms with van der Waals surface area (Å²) in [4.78, 5) is 16.3. The lowest BCUT2D eigenvalue weighted by atomic mass is 10.1. The molecule has 1 N–H and O–H groups in total. The number of benzene rings is 1. The summed E-state index contributed by atoms with van der Waals surface area (Å²) in [5.74, 6) is 1.51. The van der Waals surface area contributed by atoms with Crippen LogP contribution in [0.15, 0.2) is 28.8 Å². The van der Waals surface area contributed by atoms with Gasteiger partial charge in [0.25, 0.3) is 5.91 Å². The van der Waals surface area contributed by atoms with Crippen molar-refractivity contribution in [2.24, 2.45) is 0 Å². The maximum Gasteiger partial charge on any atom is 0.251 e. The molecular weight excluding hydrogens is 310 g/mol. The number of rotatable bonds is 6. The van der Waals surface area contributed by atoms with Crippen molar-refractivity contribution in [1.29, 1.82) is 0 Å². The lowest BCUT2D eigenvalue weighted by Crippen LogP contribution is -2.40. The van der Waals surface area contributed by atoms with E-state index < -0.39 is 0 Å². The molecule has 0 bridgehead atoms. The quantitative estimate of drug-likeness (QED) is 0.874. The number of nitrogens with one attached hydrogen (secondary N) is 1. The molecule has 0 spiro atoms. The Balaban J connectivity index is 1.52. The first-order valence-corrected chi connectivity index (χ1v) is 8.06. The highest BCUT2D eigenvalue weighted by molar-refractivity contribution is 5.94. The summed E-state index contributed by atoms with van der Waals surface area (Å²) in [6.07, 6.45) is 2.15. The molecule has 1 aromatic heterocycles. The van der Waals surface area contributed by atoms with Crippen LogP contribution >= 0.6 is 0 Å². The lowest BCUT2D eigenvalue weighted by molar-refractivity contribution is 0.0712. The number of carbonyl (C=O) groups is 1. The lowest BCUT2D eigenvalue weighted by Gasteiger charge is -2.20. The number of hydrogen-bond acceptors (Lipinski definition) is 6. The normalized spacial score (nSPS) is 18.3. The van der Waals surface area contributed by atoms with E-state index in [0.717, 1.165) is 19.4 Å². The molecule has 1 amide bonds. The fourth-order valence-corrected chi connectivity index (χ4v) is 2.63. The zero-order valence-electron chi connectivity index (χ0n) is 13.8. The highest BCUT2D eigenvalue weighted by Gasteiger charge is 2.23. The third-order valence-electron chi connectivity index (χ3n) is 3.94. The summed E-state index contributed by atoms with van der Waals surface area (Å²) in [5, 5.41) is 6.74. The van der Waals surface area contributed by atoms with Gasteiger partial charge in [-0.15, -0.1) is 0 Å². The van der Waals surface area contributed by atoms with Crippen molar-refractivity contribution >= 4 is 5.91 Å². The van der Waals surface area contributed by atoms with Gasteiger partial charge in [0.05, 0.1) is 12.1 Å². The molecule has 2 unspecified atom stereocenters. The van der Waals surface area contributed by atoms with E-state index in [0.29, 0.717) is 23.0 Å². The van der Waals surface area contributed by atoms with Gasteiger partial charge in [0.15, 0.2) is 6.61 Å². The van der Waals surface area contributed by atoms with Gasteiger partial charge < -0.3 is 19.3 Å². The smallest absolute Gasteiger partial charge is 0.251 e. The van der Waals surface area contributed by atoms with Crippen LogP contribution in [0, 0.1) is 6.92 Å². The minimum Gasteiger partial charge on any atom is -0.485 e. The van der Waals surface area contributed by atoms with Gasteiger partial charge >= 0.3 is 0 Å². The Kier molecular flexibility index (Phi) is 5.10. The molecule has 1 aromatic carbocycles. The van der Waals surface area contributed by atoms with Gasteiger partial charge in [-0.25, -0.2) is 0 Å². The molecule has 7 nitrogen and oxygen atoms in total. The van der Waals surface area contributed by atoms with Crippen molar-refractivity contribution < 1.29 is 18.8 Å². The Morgan fingerprint density at radius 1 is 1.42 bits per heavy atom. The minimum absolute atomic E-state index is 0.00240. The van der Waals surface area contributed by atoms with Crippen molar-refractivity contribution in [2.75, 3.05) is 6.61 Å². The molecule has 1 aliphatic heterocycles. The van der Waals surface area contributed by atoms with E-state index >= 15 is 0 Å². The summed E-state index contributed by atoms with van der Waals surface area (Å²) < 4.78 is 16.0.